The molecule has 164 valence electrons. The normalized spacial score (nSPS) is 23.8. The van der Waals surface area contributed by atoms with Gasteiger partial charge in [-0.3, -0.25) is 9.59 Å². The Morgan fingerprint density at radius 2 is 1.68 bits per heavy atom. The number of rotatable bonds is 3. The highest BCUT2D eigenvalue weighted by Crippen LogP contribution is 2.23. The quantitative estimate of drug-likeness (QED) is 0.750. The van der Waals surface area contributed by atoms with Crippen molar-refractivity contribution in [3.8, 4) is 5.75 Å². The van der Waals surface area contributed by atoms with Gasteiger partial charge in [0.2, 0.25) is 5.91 Å². The zero-order valence-corrected chi connectivity index (χ0v) is 18.6. The largest absolute Gasteiger partial charge is 0.490 e. The smallest absolute Gasteiger partial charge is 0.258 e. The minimum Gasteiger partial charge on any atom is -0.490 e. The number of carbonyl (C=O) groups is 2. The summed E-state index contributed by atoms with van der Waals surface area (Å²) in [7, 11) is 1.70. The van der Waals surface area contributed by atoms with E-state index in [4.69, 9.17) is 4.74 Å². The van der Waals surface area contributed by atoms with Gasteiger partial charge in [0.05, 0.1) is 11.7 Å². The molecule has 31 heavy (non-hydrogen) atoms. The molecule has 0 fully saturated rings. The number of fused-ring (bicyclic) bond motifs is 1. The summed E-state index contributed by atoms with van der Waals surface area (Å²) in [6.07, 6.45) is 6.88. The molecule has 0 aromatic heterocycles. The summed E-state index contributed by atoms with van der Waals surface area (Å²) in [6, 6.07) is 16.5. The maximum atomic E-state index is 13.5. The molecule has 1 aliphatic heterocycles. The first-order valence-electron chi connectivity index (χ1n) is 11.0. The average Bonchev–Trinajstić information content (AvgIpc) is 2.79. The third-order valence-electron chi connectivity index (χ3n) is 5.70. The number of nitrogens with zero attached hydrogens (tertiary/aromatic N) is 1. The van der Waals surface area contributed by atoms with Crippen molar-refractivity contribution in [1.82, 2.24) is 10.2 Å². The van der Waals surface area contributed by atoms with Crippen molar-refractivity contribution in [2.24, 2.45) is 0 Å². The lowest BCUT2D eigenvalue weighted by molar-refractivity contribution is -0.126. The van der Waals surface area contributed by atoms with Gasteiger partial charge in [0, 0.05) is 25.9 Å². The molecule has 1 aliphatic rings. The van der Waals surface area contributed by atoms with E-state index in [0.29, 0.717) is 17.7 Å². The molecule has 1 N–H and O–H groups in total. The van der Waals surface area contributed by atoms with Crippen LogP contribution in [0.15, 0.2) is 66.7 Å². The first-order chi connectivity index (χ1) is 15.0. The minimum absolute atomic E-state index is 0.0250. The Kier molecular flexibility index (Phi) is 7.88. The molecule has 5 heteroatoms. The first kappa shape index (κ1) is 22.6. The van der Waals surface area contributed by atoms with E-state index >= 15 is 0 Å². The predicted molar refractivity (Wildman–Crippen MR) is 123 cm³/mol. The molecule has 2 amide bonds. The Morgan fingerprint density at radius 1 is 1.00 bits per heavy atom. The van der Waals surface area contributed by atoms with E-state index in [1.807, 2.05) is 55.5 Å². The van der Waals surface area contributed by atoms with Crippen LogP contribution >= 0.6 is 0 Å². The zero-order chi connectivity index (χ0) is 22.2. The summed E-state index contributed by atoms with van der Waals surface area (Å²) in [5.41, 5.74) is 1.48. The number of hydrogen-bond donors (Lipinski definition) is 1. The minimum atomic E-state index is -0.624. The second-order valence-electron chi connectivity index (χ2n) is 8.10. The molecule has 0 aliphatic carbocycles. The fraction of sp³-hybridized carbons (Fsp3) is 0.385. The SMILES string of the molecule is CC[C@H]1C/C=C/C[C@H](C)Oc2ccccc2C(=O)N(C)[C@@H](Cc2ccccc2)C(=O)N1. The molecule has 0 saturated heterocycles. The Balaban J connectivity index is 1.98. The third kappa shape index (κ3) is 5.97. The van der Waals surface area contributed by atoms with Gasteiger partial charge in [-0.2, -0.15) is 0 Å². The zero-order valence-electron chi connectivity index (χ0n) is 18.6. The molecule has 0 saturated carbocycles. The molecule has 0 unspecified atom stereocenters. The highest BCUT2D eigenvalue weighted by atomic mass is 16.5. The molecule has 3 rings (SSSR count). The van der Waals surface area contributed by atoms with E-state index in [1.165, 1.54) is 0 Å². The number of benzene rings is 2. The van der Waals surface area contributed by atoms with Crippen LogP contribution < -0.4 is 10.1 Å². The van der Waals surface area contributed by atoms with Crippen LogP contribution in [0.3, 0.4) is 0 Å². The van der Waals surface area contributed by atoms with Crippen LogP contribution in [0, 0.1) is 0 Å². The lowest BCUT2D eigenvalue weighted by Crippen LogP contribution is -2.51. The Morgan fingerprint density at radius 3 is 2.42 bits per heavy atom. The van der Waals surface area contributed by atoms with Gasteiger partial charge in [-0.1, -0.05) is 61.5 Å². The lowest BCUT2D eigenvalue weighted by Gasteiger charge is -2.30. The summed E-state index contributed by atoms with van der Waals surface area (Å²) in [6.45, 7) is 4.06. The monoisotopic (exact) mass is 420 g/mol. The van der Waals surface area contributed by atoms with Crippen molar-refractivity contribution in [3.05, 3.63) is 77.9 Å². The van der Waals surface area contributed by atoms with Gasteiger partial charge in [0.15, 0.2) is 0 Å². The second-order valence-corrected chi connectivity index (χ2v) is 8.10. The van der Waals surface area contributed by atoms with Crippen molar-refractivity contribution < 1.29 is 14.3 Å². The molecule has 0 radical (unpaired) electrons. The fourth-order valence-electron chi connectivity index (χ4n) is 3.76. The number of nitrogens with one attached hydrogen (secondary N) is 1. The van der Waals surface area contributed by atoms with Gasteiger partial charge < -0.3 is 15.0 Å². The maximum absolute atomic E-state index is 13.5. The first-order valence-corrected chi connectivity index (χ1v) is 11.0. The number of ether oxygens (including phenoxy) is 1. The van der Waals surface area contributed by atoms with Crippen LogP contribution in [0.5, 0.6) is 5.75 Å². The Bertz CT molecular complexity index is 910. The van der Waals surface area contributed by atoms with Crippen LogP contribution in [-0.4, -0.2) is 41.9 Å². The summed E-state index contributed by atoms with van der Waals surface area (Å²) >= 11 is 0. The summed E-state index contributed by atoms with van der Waals surface area (Å²) < 4.78 is 6.09. The van der Waals surface area contributed by atoms with Gasteiger partial charge >= 0.3 is 0 Å². The summed E-state index contributed by atoms with van der Waals surface area (Å²) in [5.74, 6) is 0.186. The van der Waals surface area contributed by atoms with E-state index in [0.717, 1.165) is 24.8 Å². The van der Waals surface area contributed by atoms with Crippen molar-refractivity contribution in [3.63, 3.8) is 0 Å². The topological polar surface area (TPSA) is 58.6 Å². The van der Waals surface area contributed by atoms with E-state index in [1.54, 1.807) is 18.0 Å². The predicted octanol–water partition coefficient (Wildman–Crippen LogP) is 4.38. The number of para-hydroxylation sites is 1. The number of hydrogen-bond acceptors (Lipinski definition) is 3. The average molecular weight is 421 g/mol. The molecular formula is C26H32N2O3. The van der Waals surface area contributed by atoms with Gasteiger partial charge in [0.25, 0.3) is 5.91 Å². The van der Waals surface area contributed by atoms with Crippen molar-refractivity contribution in [1.29, 1.82) is 0 Å². The molecule has 3 atom stereocenters. The molecule has 2 aromatic rings. The van der Waals surface area contributed by atoms with E-state index in [-0.39, 0.29) is 24.0 Å². The van der Waals surface area contributed by atoms with Gasteiger partial charge in [-0.25, -0.2) is 0 Å². The summed E-state index contributed by atoms with van der Waals surface area (Å²) in [4.78, 5) is 28.3. The highest BCUT2D eigenvalue weighted by molar-refractivity contribution is 5.99. The van der Waals surface area contributed by atoms with Crippen LogP contribution in [0.1, 0.15) is 49.0 Å². The van der Waals surface area contributed by atoms with Crippen LogP contribution in [-0.2, 0) is 11.2 Å². The van der Waals surface area contributed by atoms with E-state index in [9.17, 15) is 9.59 Å². The molecule has 0 bridgehead atoms. The van der Waals surface area contributed by atoms with Crippen molar-refractivity contribution >= 4 is 11.8 Å². The van der Waals surface area contributed by atoms with Crippen LogP contribution in [0.25, 0.3) is 0 Å². The van der Waals surface area contributed by atoms with E-state index < -0.39 is 6.04 Å². The molecule has 1 heterocycles. The van der Waals surface area contributed by atoms with Gasteiger partial charge in [-0.15, -0.1) is 0 Å². The fourth-order valence-corrected chi connectivity index (χ4v) is 3.76. The standard InChI is InChI=1S/C26H32N2O3/c1-4-21-15-9-8-12-19(2)31-24-17-11-10-16-22(24)26(30)28(3)23(25(29)27-21)18-20-13-6-5-7-14-20/h5-11,13-14,16-17,19,21,23H,4,12,15,18H2,1-3H3,(H,27,29)/b9-8+/t19-,21-,23-/m0/s1. The number of amides is 2. The van der Waals surface area contributed by atoms with Crippen molar-refractivity contribution in [2.45, 2.75) is 57.7 Å². The summed E-state index contributed by atoms with van der Waals surface area (Å²) in [5, 5.41) is 3.16. The Labute approximate surface area is 185 Å². The third-order valence-corrected chi connectivity index (χ3v) is 5.70. The van der Waals surface area contributed by atoms with Crippen LogP contribution in [0.2, 0.25) is 0 Å². The second kappa shape index (κ2) is 10.8. The Hall–Kier alpha value is -3.08. The lowest BCUT2D eigenvalue weighted by atomic mass is 10.0. The number of carbonyl (C=O) groups excluding carboxylic acids is 2. The molecule has 0 spiro atoms. The molecule has 5 nitrogen and oxygen atoms in total. The van der Waals surface area contributed by atoms with E-state index in [2.05, 4.69) is 24.4 Å². The molecular weight excluding hydrogens is 388 g/mol. The maximum Gasteiger partial charge on any atom is 0.258 e. The van der Waals surface area contributed by atoms with Crippen molar-refractivity contribution in [2.75, 3.05) is 7.05 Å². The van der Waals surface area contributed by atoms with Gasteiger partial charge in [0.1, 0.15) is 11.8 Å². The molecule has 2 aromatic carbocycles. The van der Waals surface area contributed by atoms with Crippen LogP contribution in [0.4, 0.5) is 0 Å². The number of likely N-dealkylation sites (N-methyl/N-ethyl adjacent to an activating group) is 1. The van der Waals surface area contributed by atoms with Gasteiger partial charge in [-0.05, 0) is 37.5 Å². The highest BCUT2D eigenvalue weighted by Gasteiger charge is 2.30.